The van der Waals surface area contributed by atoms with Gasteiger partial charge in [-0.05, 0) is 37.6 Å². The van der Waals surface area contributed by atoms with Gasteiger partial charge in [-0.25, -0.2) is 4.98 Å². The molecule has 0 aliphatic heterocycles. The highest BCUT2D eigenvalue weighted by molar-refractivity contribution is 5.08. The van der Waals surface area contributed by atoms with Crippen molar-refractivity contribution in [1.29, 1.82) is 0 Å². The van der Waals surface area contributed by atoms with Crippen LogP contribution in [0.5, 0.6) is 0 Å². The summed E-state index contributed by atoms with van der Waals surface area (Å²) in [7, 11) is 1.46. The van der Waals surface area contributed by atoms with E-state index in [9.17, 15) is 18.3 Å². The van der Waals surface area contributed by atoms with Gasteiger partial charge in [-0.1, -0.05) is 13.8 Å². The summed E-state index contributed by atoms with van der Waals surface area (Å²) in [6.45, 7) is 4.45. The molecular weight excluding hydrogens is 307 g/mol. The first-order valence-corrected chi connectivity index (χ1v) is 8.13. The van der Waals surface area contributed by atoms with Gasteiger partial charge < -0.3 is 15.0 Å². The number of hydrogen-bond donors (Lipinski definition) is 2. The van der Waals surface area contributed by atoms with Crippen LogP contribution < -0.4 is 5.32 Å². The molecule has 0 unspecified atom stereocenters. The van der Waals surface area contributed by atoms with E-state index in [1.54, 1.807) is 0 Å². The first kappa shape index (κ1) is 18.3. The fourth-order valence-corrected chi connectivity index (χ4v) is 3.72. The molecule has 1 fully saturated rings. The van der Waals surface area contributed by atoms with Gasteiger partial charge in [-0.15, -0.1) is 0 Å². The average molecular weight is 333 g/mol. The highest BCUT2D eigenvalue weighted by Gasteiger charge is 2.57. The maximum Gasteiger partial charge on any atom is 0.424 e. The topological polar surface area (TPSA) is 50.1 Å². The lowest BCUT2D eigenvalue weighted by Crippen LogP contribution is -2.47. The average Bonchev–Trinajstić information content (AvgIpc) is 2.82. The summed E-state index contributed by atoms with van der Waals surface area (Å²) >= 11 is 0. The second-order valence-electron chi connectivity index (χ2n) is 7.04. The number of nitrogens with zero attached hydrogens (tertiary/aromatic N) is 2. The van der Waals surface area contributed by atoms with E-state index < -0.39 is 18.2 Å². The number of halogens is 3. The lowest BCUT2D eigenvalue weighted by molar-refractivity contribution is -0.272. The molecule has 1 aliphatic carbocycles. The summed E-state index contributed by atoms with van der Waals surface area (Å²) in [5, 5.41) is 13.5. The minimum atomic E-state index is -4.76. The molecule has 0 bridgehead atoms. The van der Waals surface area contributed by atoms with E-state index in [0.29, 0.717) is 11.8 Å². The first-order valence-electron chi connectivity index (χ1n) is 8.13. The van der Waals surface area contributed by atoms with Gasteiger partial charge in [0.1, 0.15) is 5.82 Å². The summed E-state index contributed by atoms with van der Waals surface area (Å²) in [5.74, 6) is 0.789. The molecule has 1 aliphatic rings. The Hall–Kier alpha value is -1.08. The largest absolute Gasteiger partial charge is 0.424 e. The lowest BCUT2D eigenvalue weighted by atomic mass is 9.80. The van der Waals surface area contributed by atoms with Gasteiger partial charge >= 0.3 is 6.18 Å². The number of hydrogen-bond acceptors (Lipinski definition) is 3. The fraction of sp³-hybridized carbons (Fsp3) is 0.812. The minimum absolute atomic E-state index is 0.104. The Bertz CT molecular complexity index is 507. The van der Waals surface area contributed by atoms with E-state index in [1.165, 1.54) is 24.0 Å². The molecule has 0 radical (unpaired) electrons. The van der Waals surface area contributed by atoms with Gasteiger partial charge in [0.05, 0.1) is 0 Å². The normalized spacial score (nSPS) is 28.6. The van der Waals surface area contributed by atoms with Gasteiger partial charge in [0.2, 0.25) is 5.60 Å². The zero-order valence-corrected chi connectivity index (χ0v) is 13.9. The van der Waals surface area contributed by atoms with Crippen LogP contribution in [0.3, 0.4) is 0 Å². The van der Waals surface area contributed by atoms with Gasteiger partial charge in [0.25, 0.3) is 0 Å². The van der Waals surface area contributed by atoms with E-state index >= 15 is 0 Å². The number of alkyl halides is 3. The summed E-state index contributed by atoms with van der Waals surface area (Å²) < 4.78 is 41.4. The number of nitrogens with one attached hydrogen (secondary N) is 1. The molecule has 23 heavy (non-hydrogen) atoms. The van der Waals surface area contributed by atoms with Crippen LogP contribution in [0.4, 0.5) is 13.2 Å². The van der Waals surface area contributed by atoms with E-state index in [2.05, 4.69) is 24.1 Å². The molecule has 0 amide bonds. The van der Waals surface area contributed by atoms with Crippen molar-refractivity contribution in [3.05, 3.63) is 18.2 Å². The third-order valence-corrected chi connectivity index (χ3v) is 4.76. The number of aryl methyl sites for hydroxylation is 1. The van der Waals surface area contributed by atoms with Gasteiger partial charge in [0, 0.05) is 31.9 Å². The molecule has 0 aromatic carbocycles. The van der Waals surface area contributed by atoms with Crippen LogP contribution in [-0.4, -0.2) is 33.4 Å². The number of aliphatic hydroxyl groups is 1. The molecule has 7 heteroatoms. The Morgan fingerprint density at radius 2 is 1.87 bits per heavy atom. The highest BCUT2D eigenvalue weighted by Crippen LogP contribution is 2.40. The van der Waals surface area contributed by atoms with Crippen LogP contribution in [-0.2, 0) is 12.6 Å². The maximum atomic E-state index is 13.4. The highest BCUT2D eigenvalue weighted by atomic mass is 19.4. The third-order valence-electron chi connectivity index (χ3n) is 4.76. The number of aromatic nitrogens is 2. The maximum absolute atomic E-state index is 13.4. The second kappa shape index (κ2) is 6.81. The summed E-state index contributed by atoms with van der Waals surface area (Å²) in [6, 6.07) is 0.215. The quantitative estimate of drug-likeness (QED) is 0.871. The van der Waals surface area contributed by atoms with Crippen LogP contribution in [0, 0.1) is 11.8 Å². The summed E-state index contributed by atoms with van der Waals surface area (Å²) in [5.41, 5.74) is -2.93. The van der Waals surface area contributed by atoms with E-state index in [-0.39, 0.29) is 18.4 Å². The molecule has 0 saturated heterocycles. The van der Waals surface area contributed by atoms with Crippen LogP contribution in [0.15, 0.2) is 12.4 Å². The molecule has 4 nitrogen and oxygen atoms in total. The minimum Gasteiger partial charge on any atom is -0.374 e. The van der Waals surface area contributed by atoms with Crippen molar-refractivity contribution >= 4 is 0 Å². The second-order valence-corrected chi connectivity index (χ2v) is 7.04. The predicted octanol–water partition coefficient (Wildman–Crippen LogP) is 2.97. The van der Waals surface area contributed by atoms with Crippen molar-refractivity contribution < 1.29 is 18.3 Å². The first-order chi connectivity index (χ1) is 10.6. The molecule has 2 N–H and O–H groups in total. The van der Waals surface area contributed by atoms with Crippen molar-refractivity contribution in [2.75, 3.05) is 6.54 Å². The van der Waals surface area contributed by atoms with Crippen molar-refractivity contribution in [2.24, 2.45) is 18.9 Å². The zero-order chi connectivity index (χ0) is 17.3. The van der Waals surface area contributed by atoms with Gasteiger partial charge in [-0.3, -0.25) is 0 Å². The van der Waals surface area contributed by atoms with E-state index in [1.807, 2.05) is 0 Å². The van der Waals surface area contributed by atoms with Crippen molar-refractivity contribution in [3.63, 3.8) is 0 Å². The Balaban J connectivity index is 2.01. The molecule has 1 saturated carbocycles. The van der Waals surface area contributed by atoms with Crippen molar-refractivity contribution in [1.82, 2.24) is 14.9 Å². The Morgan fingerprint density at radius 3 is 2.35 bits per heavy atom. The Kier molecular flexibility index (Phi) is 5.41. The zero-order valence-electron chi connectivity index (χ0n) is 13.9. The van der Waals surface area contributed by atoms with Crippen LogP contribution >= 0.6 is 0 Å². The summed E-state index contributed by atoms with van der Waals surface area (Å²) in [4.78, 5) is 3.71. The van der Waals surface area contributed by atoms with Gasteiger partial charge in [-0.2, -0.15) is 13.2 Å². The Morgan fingerprint density at radius 1 is 1.26 bits per heavy atom. The summed E-state index contributed by atoms with van der Waals surface area (Å²) in [6.07, 6.45) is 0.571. The monoisotopic (exact) mass is 333 g/mol. The molecule has 2 rings (SSSR count). The van der Waals surface area contributed by atoms with Crippen LogP contribution in [0.2, 0.25) is 0 Å². The Labute approximate surface area is 135 Å². The third kappa shape index (κ3) is 4.07. The van der Waals surface area contributed by atoms with Crippen LogP contribution in [0.25, 0.3) is 0 Å². The van der Waals surface area contributed by atoms with Gasteiger partial charge in [0.15, 0.2) is 0 Å². The molecule has 3 atom stereocenters. The van der Waals surface area contributed by atoms with Crippen molar-refractivity contribution in [3.8, 4) is 0 Å². The molecular formula is C16H26F3N3O. The fourth-order valence-electron chi connectivity index (χ4n) is 3.72. The van der Waals surface area contributed by atoms with Crippen molar-refractivity contribution in [2.45, 2.75) is 57.3 Å². The smallest absolute Gasteiger partial charge is 0.374 e. The molecule has 1 heterocycles. The molecule has 1 aromatic heterocycles. The molecule has 132 valence electrons. The SMILES string of the molecule is C[C@H]1CC(NCC[C@](O)(c2nccn2C)C(F)(F)F)C[C@H](C)C1. The number of rotatable bonds is 5. The van der Waals surface area contributed by atoms with Crippen LogP contribution in [0.1, 0.15) is 45.4 Å². The van der Waals surface area contributed by atoms with E-state index in [0.717, 1.165) is 19.3 Å². The molecule has 0 spiro atoms. The molecule has 1 aromatic rings. The standard InChI is InChI=1S/C16H26F3N3O/c1-11-8-12(2)10-13(9-11)20-5-4-15(23,16(17,18)19)14-21-6-7-22(14)3/h6-7,11-13,20,23H,4-5,8-10H2,1-3H3/t11-,12-,15+/m1/s1. The number of imidazole rings is 1. The lowest BCUT2D eigenvalue weighted by Gasteiger charge is -2.34. The predicted molar refractivity (Wildman–Crippen MR) is 81.7 cm³/mol. The van der Waals surface area contributed by atoms with E-state index in [4.69, 9.17) is 0 Å².